The zero-order valence-electron chi connectivity index (χ0n) is 19.2. The highest BCUT2D eigenvalue weighted by Crippen LogP contribution is 2.22. The van der Waals surface area contributed by atoms with Crippen LogP contribution in [0.15, 0.2) is 64.5 Å². The number of urea groups is 2. The summed E-state index contributed by atoms with van der Waals surface area (Å²) in [4.78, 5) is 34.0. The number of fused-ring (bicyclic) bond motifs is 1. The van der Waals surface area contributed by atoms with Gasteiger partial charge in [0.1, 0.15) is 0 Å². The first-order valence-electron chi connectivity index (χ1n) is 10.6. The number of nitrogens with one attached hydrogen (secondary N) is 3. The van der Waals surface area contributed by atoms with E-state index in [4.69, 9.17) is 0 Å². The number of carbonyl (C=O) groups excluding carboxylic acids is 2. The first kappa shape index (κ1) is 25.1. The number of carbonyl (C=O) groups is 2. The van der Waals surface area contributed by atoms with Crippen LogP contribution in [0.1, 0.15) is 22.4 Å². The summed E-state index contributed by atoms with van der Waals surface area (Å²) in [6.45, 7) is 3.63. The van der Waals surface area contributed by atoms with Crippen LogP contribution in [0.5, 0.6) is 0 Å². The quantitative estimate of drug-likeness (QED) is 0.450. The highest BCUT2D eigenvalue weighted by molar-refractivity contribution is 7.90. The van der Waals surface area contributed by atoms with E-state index in [9.17, 15) is 26.4 Å². The number of rotatable bonds is 5. The van der Waals surface area contributed by atoms with Crippen LogP contribution < -0.4 is 14.8 Å². The monoisotopic (exact) mass is 530 g/mol. The third-order valence-electron chi connectivity index (χ3n) is 5.28. The normalized spacial score (nSPS) is 13.1. The molecule has 36 heavy (non-hydrogen) atoms. The minimum absolute atomic E-state index is 0.0366. The Balaban J connectivity index is 1.39. The maximum Gasteiger partial charge on any atom is 0.335 e. The first-order chi connectivity index (χ1) is 16.9. The summed E-state index contributed by atoms with van der Waals surface area (Å²) in [7, 11) is -8.17. The third kappa shape index (κ3) is 5.60. The Hall–Kier alpha value is -4.04. The highest BCUT2D eigenvalue weighted by atomic mass is 32.2. The zero-order valence-corrected chi connectivity index (χ0v) is 20.9. The van der Waals surface area contributed by atoms with E-state index in [0.29, 0.717) is 11.3 Å². The van der Waals surface area contributed by atoms with Crippen molar-refractivity contribution < 1.29 is 26.4 Å². The first-order valence-corrected chi connectivity index (χ1v) is 13.5. The Morgan fingerprint density at radius 3 is 1.89 bits per heavy atom. The van der Waals surface area contributed by atoms with Crippen molar-refractivity contribution in [3.63, 3.8) is 0 Å². The van der Waals surface area contributed by atoms with E-state index < -0.39 is 32.1 Å². The predicted molar refractivity (Wildman–Crippen MR) is 129 cm³/mol. The maximum absolute atomic E-state index is 12.6. The molecule has 1 aliphatic rings. The number of amides is 4. The minimum atomic E-state index is -4.11. The standard InChI is InChI=1S/C22H22N6O6S2/c1-14-3-7-17(8-4-14)35(31,32)26-21(29)25-20-23-11-16-12-28(13-19(16)24-20)22(30)27-36(33,34)18-9-5-15(2)6-10-18/h3-11H,12-13H2,1-2H3,(H,27,30)(H2,23,24,25,26,29). The second kappa shape index (κ2) is 9.54. The van der Waals surface area contributed by atoms with Crippen molar-refractivity contribution in [2.45, 2.75) is 36.7 Å². The van der Waals surface area contributed by atoms with Gasteiger partial charge in [0.05, 0.1) is 28.6 Å². The smallest absolute Gasteiger partial charge is 0.314 e. The van der Waals surface area contributed by atoms with E-state index in [-0.39, 0.29) is 28.8 Å². The topological polar surface area (TPSA) is 168 Å². The third-order valence-corrected chi connectivity index (χ3v) is 7.96. The van der Waals surface area contributed by atoms with Crippen molar-refractivity contribution in [3.05, 3.63) is 77.1 Å². The van der Waals surface area contributed by atoms with Crippen LogP contribution in [0.25, 0.3) is 0 Å². The van der Waals surface area contributed by atoms with Crippen LogP contribution in [0.2, 0.25) is 0 Å². The van der Waals surface area contributed by atoms with Crippen molar-refractivity contribution in [1.82, 2.24) is 24.3 Å². The van der Waals surface area contributed by atoms with Crippen LogP contribution in [0.3, 0.4) is 0 Å². The molecule has 2 aromatic carbocycles. The van der Waals surface area contributed by atoms with Gasteiger partial charge in [0, 0.05) is 11.8 Å². The van der Waals surface area contributed by atoms with Crippen molar-refractivity contribution in [1.29, 1.82) is 0 Å². The second-order valence-corrected chi connectivity index (χ2v) is 11.5. The molecule has 12 nitrogen and oxygen atoms in total. The number of aromatic nitrogens is 2. The maximum atomic E-state index is 12.6. The molecule has 4 rings (SSSR count). The minimum Gasteiger partial charge on any atom is -0.314 e. The molecule has 0 fully saturated rings. The molecule has 1 aliphatic heterocycles. The van der Waals surface area contributed by atoms with E-state index in [2.05, 4.69) is 15.3 Å². The van der Waals surface area contributed by atoms with E-state index in [1.165, 1.54) is 35.4 Å². The molecular weight excluding hydrogens is 508 g/mol. The Morgan fingerprint density at radius 1 is 0.806 bits per heavy atom. The molecule has 1 aromatic heterocycles. The van der Waals surface area contributed by atoms with Crippen molar-refractivity contribution in [2.24, 2.45) is 0 Å². The lowest BCUT2D eigenvalue weighted by Crippen LogP contribution is -2.40. The summed E-state index contributed by atoms with van der Waals surface area (Å²) in [5.41, 5.74) is 2.67. The molecule has 2 heterocycles. The lowest BCUT2D eigenvalue weighted by atomic mass is 10.2. The molecule has 0 saturated carbocycles. The van der Waals surface area contributed by atoms with Gasteiger partial charge >= 0.3 is 12.1 Å². The summed E-state index contributed by atoms with van der Waals surface area (Å²) in [5, 5.41) is 2.25. The number of aryl methyl sites for hydroxylation is 2. The lowest BCUT2D eigenvalue weighted by Gasteiger charge is -2.16. The van der Waals surface area contributed by atoms with Gasteiger partial charge in [0.25, 0.3) is 20.0 Å². The molecule has 0 bridgehead atoms. The van der Waals surface area contributed by atoms with E-state index in [0.717, 1.165) is 11.1 Å². The Morgan fingerprint density at radius 2 is 1.33 bits per heavy atom. The fourth-order valence-electron chi connectivity index (χ4n) is 3.34. The lowest BCUT2D eigenvalue weighted by molar-refractivity contribution is 0.204. The number of hydrogen-bond acceptors (Lipinski definition) is 8. The number of anilines is 1. The van der Waals surface area contributed by atoms with Crippen molar-refractivity contribution in [2.75, 3.05) is 5.32 Å². The summed E-state index contributed by atoms with van der Waals surface area (Å²) >= 11 is 0. The molecule has 0 unspecified atom stereocenters. The Bertz CT molecular complexity index is 1540. The average molecular weight is 531 g/mol. The average Bonchev–Trinajstić information content (AvgIpc) is 3.23. The molecule has 0 spiro atoms. The molecule has 0 aliphatic carbocycles. The molecular formula is C22H22N6O6S2. The molecule has 4 amide bonds. The summed E-state index contributed by atoms with van der Waals surface area (Å²) in [5.74, 6) is -0.181. The van der Waals surface area contributed by atoms with Crippen LogP contribution in [-0.2, 0) is 33.1 Å². The van der Waals surface area contributed by atoms with Crippen LogP contribution in [-0.4, -0.2) is 43.8 Å². The number of sulfonamides is 2. The molecule has 0 radical (unpaired) electrons. The van der Waals surface area contributed by atoms with Gasteiger partial charge in [-0.25, -0.2) is 45.8 Å². The zero-order chi connectivity index (χ0) is 26.1. The summed E-state index contributed by atoms with van der Waals surface area (Å²) in [6.07, 6.45) is 1.37. The molecule has 3 aromatic rings. The van der Waals surface area contributed by atoms with Gasteiger partial charge in [-0.15, -0.1) is 0 Å². The van der Waals surface area contributed by atoms with E-state index >= 15 is 0 Å². The SMILES string of the molecule is Cc1ccc(S(=O)(=O)NC(=O)Nc2ncc3c(n2)CN(C(=O)NS(=O)(=O)c2ccc(C)cc2)C3)cc1. The number of hydrogen-bond donors (Lipinski definition) is 3. The predicted octanol–water partition coefficient (Wildman–Crippen LogP) is 2.02. The Kier molecular flexibility index (Phi) is 6.65. The van der Waals surface area contributed by atoms with Gasteiger partial charge in [0.2, 0.25) is 5.95 Å². The Labute approximate surface area is 207 Å². The van der Waals surface area contributed by atoms with Crippen molar-refractivity contribution in [3.8, 4) is 0 Å². The largest absolute Gasteiger partial charge is 0.335 e. The molecule has 188 valence electrons. The van der Waals surface area contributed by atoms with E-state index in [1.807, 2.05) is 16.4 Å². The number of nitrogens with zero attached hydrogens (tertiary/aromatic N) is 3. The molecule has 0 saturated heterocycles. The van der Waals surface area contributed by atoms with Crippen molar-refractivity contribution >= 4 is 38.1 Å². The molecule has 14 heteroatoms. The van der Waals surface area contributed by atoms with Gasteiger partial charge < -0.3 is 4.90 Å². The van der Waals surface area contributed by atoms with E-state index in [1.54, 1.807) is 31.2 Å². The summed E-state index contributed by atoms with van der Waals surface area (Å²) in [6, 6.07) is 10.1. The van der Waals surface area contributed by atoms with Gasteiger partial charge in [-0.2, -0.15) is 0 Å². The van der Waals surface area contributed by atoms with Gasteiger partial charge in [-0.3, -0.25) is 5.32 Å². The fourth-order valence-corrected chi connectivity index (χ4v) is 5.22. The van der Waals surface area contributed by atoms with Crippen LogP contribution in [0, 0.1) is 13.8 Å². The molecule has 3 N–H and O–H groups in total. The summed E-state index contributed by atoms with van der Waals surface area (Å²) < 4.78 is 53.6. The second-order valence-electron chi connectivity index (χ2n) is 8.12. The van der Waals surface area contributed by atoms with Gasteiger partial charge in [-0.1, -0.05) is 35.4 Å². The fraction of sp³-hybridized carbons (Fsp3) is 0.182. The number of benzene rings is 2. The highest BCUT2D eigenvalue weighted by Gasteiger charge is 2.29. The van der Waals surface area contributed by atoms with Crippen LogP contribution in [0.4, 0.5) is 15.5 Å². The van der Waals surface area contributed by atoms with Crippen LogP contribution >= 0.6 is 0 Å². The van der Waals surface area contributed by atoms with Gasteiger partial charge in [0.15, 0.2) is 0 Å². The molecule has 0 atom stereocenters. The van der Waals surface area contributed by atoms with Gasteiger partial charge in [-0.05, 0) is 38.1 Å².